The minimum Gasteiger partial charge on any atom is -0.477 e. The van der Waals surface area contributed by atoms with Crippen molar-refractivity contribution in [3.05, 3.63) is 45.9 Å². The Labute approximate surface area is 117 Å². The molecule has 2 rings (SSSR count). The molecule has 0 bridgehead atoms. The number of aromatic nitrogens is 3. The van der Waals surface area contributed by atoms with E-state index in [1.54, 1.807) is 12.4 Å². The van der Waals surface area contributed by atoms with Crippen molar-refractivity contribution in [1.29, 1.82) is 0 Å². The van der Waals surface area contributed by atoms with E-state index in [2.05, 4.69) is 15.0 Å². The zero-order valence-electron chi connectivity index (χ0n) is 10.2. The molecule has 0 aliphatic carbocycles. The number of rotatable bonds is 4. The smallest absolute Gasteiger partial charge is 0.342 e. The van der Waals surface area contributed by atoms with Gasteiger partial charge in [-0.2, -0.15) is 0 Å². The lowest BCUT2D eigenvalue weighted by Crippen LogP contribution is -2.04. The van der Waals surface area contributed by atoms with Crippen LogP contribution in [-0.2, 0) is 0 Å². The molecule has 8 nitrogen and oxygen atoms in total. The van der Waals surface area contributed by atoms with Gasteiger partial charge in [0.25, 0.3) is 0 Å². The standard InChI is InChI=1S/C11H8N4O4S/c1-6-3-13-11(14-4-6)20-9-2-7(10(16)17)8(5-12-9)15(18)19/h2-5H,1H3,(H,16,17). The third-order valence-electron chi connectivity index (χ3n) is 2.24. The lowest BCUT2D eigenvalue weighted by molar-refractivity contribution is -0.385. The fourth-order valence-corrected chi connectivity index (χ4v) is 2.01. The summed E-state index contributed by atoms with van der Waals surface area (Å²) in [4.78, 5) is 32.8. The first-order chi connectivity index (χ1) is 9.47. The predicted molar refractivity (Wildman–Crippen MR) is 68.7 cm³/mol. The van der Waals surface area contributed by atoms with Crippen molar-refractivity contribution in [2.45, 2.75) is 17.1 Å². The van der Waals surface area contributed by atoms with E-state index in [4.69, 9.17) is 5.11 Å². The summed E-state index contributed by atoms with van der Waals surface area (Å²) in [5.74, 6) is -1.38. The van der Waals surface area contributed by atoms with Gasteiger partial charge in [0.2, 0.25) is 0 Å². The topological polar surface area (TPSA) is 119 Å². The Balaban J connectivity index is 2.34. The molecule has 0 spiro atoms. The van der Waals surface area contributed by atoms with Crippen LogP contribution in [0.5, 0.6) is 0 Å². The van der Waals surface area contributed by atoms with Crippen LogP contribution in [0.3, 0.4) is 0 Å². The Morgan fingerprint density at radius 3 is 2.50 bits per heavy atom. The summed E-state index contributed by atoms with van der Waals surface area (Å²) in [7, 11) is 0. The van der Waals surface area contributed by atoms with Gasteiger partial charge in [-0.05, 0) is 30.3 Å². The Morgan fingerprint density at radius 2 is 1.95 bits per heavy atom. The molecule has 2 aromatic rings. The largest absolute Gasteiger partial charge is 0.477 e. The van der Waals surface area contributed by atoms with E-state index in [1.165, 1.54) is 0 Å². The van der Waals surface area contributed by atoms with E-state index >= 15 is 0 Å². The van der Waals surface area contributed by atoms with Gasteiger partial charge in [-0.3, -0.25) is 10.1 Å². The number of pyridine rings is 1. The molecule has 1 N–H and O–H groups in total. The molecule has 0 amide bonds. The minimum absolute atomic E-state index is 0.275. The quantitative estimate of drug-likeness (QED) is 0.515. The van der Waals surface area contributed by atoms with Crippen LogP contribution in [0.2, 0.25) is 0 Å². The lowest BCUT2D eigenvalue weighted by atomic mass is 10.2. The first kappa shape index (κ1) is 13.9. The molecule has 0 radical (unpaired) electrons. The number of hydrogen-bond donors (Lipinski definition) is 1. The van der Waals surface area contributed by atoms with Crippen molar-refractivity contribution < 1.29 is 14.8 Å². The number of carboxylic acid groups (broad SMARTS) is 1. The van der Waals surface area contributed by atoms with Crippen LogP contribution in [0.15, 0.2) is 34.8 Å². The van der Waals surface area contributed by atoms with Crippen molar-refractivity contribution in [3.63, 3.8) is 0 Å². The average molecular weight is 292 g/mol. The molecule has 2 heterocycles. The Hall–Kier alpha value is -2.55. The van der Waals surface area contributed by atoms with Crippen molar-refractivity contribution in [2.75, 3.05) is 0 Å². The molecule has 0 unspecified atom stereocenters. The fraction of sp³-hybridized carbons (Fsp3) is 0.0909. The number of nitrogens with zero attached hydrogens (tertiary/aromatic N) is 4. The third kappa shape index (κ3) is 3.06. The maximum absolute atomic E-state index is 11.0. The highest BCUT2D eigenvalue weighted by Crippen LogP contribution is 2.26. The molecule has 9 heteroatoms. The fourth-order valence-electron chi connectivity index (χ4n) is 1.33. The molecule has 0 saturated heterocycles. The summed E-state index contributed by atoms with van der Waals surface area (Å²) in [5, 5.41) is 20.3. The molecule has 0 aromatic carbocycles. The molecule has 20 heavy (non-hydrogen) atoms. The number of aryl methyl sites for hydroxylation is 1. The van der Waals surface area contributed by atoms with Gasteiger partial charge in [0.1, 0.15) is 16.8 Å². The number of carbonyl (C=O) groups is 1. The van der Waals surface area contributed by atoms with E-state index < -0.39 is 22.1 Å². The summed E-state index contributed by atoms with van der Waals surface area (Å²) in [6.45, 7) is 1.83. The predicted octanol–water partition coefficient (Wildman–Crippen LogP) is 1.94. The molecule has 0 aliphatic rings. The molecule has 0 saturated carbocycles. The second-order valence-electron chi connectivity index (χ2n) is 3.75. The van der Waals surface area contributed by atoms with Crippen LogP contribution in [-0.4, -0.2) is 31.0 Å². The van der Waals surface area contributed by atoms with Crippen LogP contribution in [0, 0.1) is 17.0 Å². The van der Waals surface area contributed by atoms with Crippen molar-refractivity contribution in [3.8, 4) is 0 Å². The lowest BCUT2D eigenvalue weighted by Gasteiger charge is -2.02. The van der Waals surface area contributed by atoms with Gasteiger partial charge in [0.05, 0.1) is 4.92 Å². The summed E-state index contributed by atoms with van der Waals surface area (Å²) in [6.07, 6.45) is 4.14. The second-order valence-corrected chi connectivity index (χ2v) is 4.73. The summed E-state index contributed by atoms with van der Waals surface area (Å²) in [5.41, 5.74) is -0.0801. The van der Waals surface area contributed by atoms with E-state index in [0.717, 1.165) is 29.6 Å². The van der Waals surface area contributed by atoms with Crippen molar-refractivity contribution in [2.24, 2.45) is 0 Å². The van der Waals surface area contributed by atoms with Crippen molar-refractivity contribution >= 4 is 23.4 Å². The molecule has 0 aliphatic heterocycles. The van der Waals surface area contributed by atoms with Gasteiger partial charge < -0.3 is 5.11 Å². The molecule has 0 atom stereocenters. The van der Waals surface area contributed by atoms with E-state index in [-0.39, 0.29) is 5.03 Å². The number of nitro groups is 1. The Kier molecular flexibility index (Phi) is 3.89. The number of carboxylic acids is 1. The molecule has 0 fully saturated rings. The van der Waals surface area contributed by atoms with Gasteiger partial charge in [-0.25, -0.2) is 19.7 Å². The molecular formula is C11H8N4O4S. The van der Waals surface area contributed by atoms with Crippen LogP contribution < -0.4 is 0 Å². The molecular weight excluding hydrogens is 284 g/mol. The van der Waals surface area contributed by atoms with Gasteiger partial charge in [0.15, 0.2) is 5.16 Å². The first-order valence-corrected chi connectivity index (χ1v) is 6.13. The maximum Gasteiger partial charge on any atom is 0.342 e. The Bertz CT molecular complexity index is 675. The zero-order chi connectivity index (χ0) is 14.7. The molecule has 102 valence electrons. The van der Waals surface area contributed by atoms with Crippen LogP contribution >= 0.6 is 11.8 Å². The first-order valence-electron chi connectivity index (χ1n) is 5.31. The van der Waals surface area contributed by atoms with Gasteiger partial charge in [-0.15, -0.1) is 0 Å². The van der Waals surface area contributed by atoms with Crippen LogP contribution in [0.25, 0.3) is 0 Å². The Morgan fingerprint density at radius 1 is 1.30 bits per heavy atom. The van der Waals surface area contributed by atoms with E-state index in [0.29, 0.717) is 5.16 Å². The second kappa shape index (κ2) is 5.61. The highest BCUT2D eigenvalue weighted by Gasteiger charge is 2.21. The summed E-state index contributed by atoms with van der Waals surface area (Å²) < 4.78 is 0. The third-order valence-corrected chi connectivity index (χ3v) is 3.06. The number of aromatic carboxylic acids is 1. The zero-order valence-corrected chi connectivity index (χ0v) is 11.0. The average Bonchev–Trinajstić information content (AvgIpc) is 2.41. The number of hydrogen-bond acceptors (Lipinski definition) is 7. The van der Waals surface area contributed by atoms with Gasteiger partial charge in [-0.1, -0.05) is 0 Å². The van der Waals surface area contributed by atoms with Crippen LogP contribution in [0.4, 0.5) is 5.69 Å². The normalized spacial score (nSPS) is 10.2. The maximum atomic E-state index is 11.0. The SMILES string of the molecule is Cc1cnc(Sc2cc(C(=O)O)c([N+](=O)[O-])cn2)nc1. The summed E-state index contributed by atoms with van der Waals surface area (Å²) in [6, 6.07) is 1.13. The van der Waals surface area contributed by atoms with Gasteiger partial charge in [0, 0.05) is 12.4 Å². The monoisotopic (exact) mass is 292 g/mol. The highest BCUT2D eigenvalue weighted by atomic mass is 32.2. The van der Waals surface area contributed by atoms with Gasteiger partial charge >= 0.3 is 11.7 Å². The highest BCUT2D eigenvalue weighted by molar-refractivity contribution is 7.99. The molecule has 2 aromatic heterocycles. The van der Waals surface area contributed by atoms with Crippen molar-refractivity contribution in [1.82, 2.24) is 15.0 Å². The minimum atomic E-state index is -1.38. The van der Waals surface area contributed by atoms with E-state index in [1.807, 2.05) is 6.92 Å². The van der Waals surface area contributed by atoms with Crippen LogP contribution in [0.1, 0.15) is 15.9 Å². The van der Waals surface area contributed by atoms with E-state index in [9.17, 15) is 14.9 Å². The summed E-state index contributed by atoms with van der Waals surface area (Å²) >= 11 is 1.03.